The first-order chi connectivity index (χ1) is 21.1. The Morgan fingerprint density at radius 1 is 0.614 bits per heavy atom. The standard InChI is InChI=1S/C19H26N2O.C19H23NO2/c1-13-3-8-17-14(2)12-19(22)21(18(17)11-13)10-9-15-4-6-16(20)7-5-15;1-13-3-8-17-14(2)12-19(22)20(18(17)11-13)10-9-15-4-6-16(21)7-5-15/h3,8,11-12,15-16H,4-7,9-10,20H2,1-2H3;3,8,11-12,15H,4-7,9-10H2,1-2H3. The zero-order valence-electron chi connectivity index (χ0n) is 27.0. The molecule has 0 saturated heterocycles. The lowest BCUT2D eigenvalue weighted by Gasteiger charge is -2.26. The van der Waals surface area contributed by atoms with E-state index >= 15 is 0 Å². The Morgan fingerprint density at radius 2 is 1.05 bits per heavy atom. The summed E-state index contributed by atoms with van der Waals surface area (Å²) in [5.74, 6) is 1.68. The second kappa shape index (κ2) is 14.1. The number of aryl methyl sites for hydroxylation is 6. The summed E-state index contributed by atoms with van der Waals surface area (Å²) in [6, 6.07) is 16.6. The Bertz CT molecular complexity index is 1750. The minimum atomic E-state index is 0.0856. The van der Waals surface area contributed by atoms with Gasteiger partial charge in [-0.2, -0.15) is 0 Å². The van der Waals surface area contributed by atoms with Crippen molar-refractivity contribution in [1.29, 1.82) is 0 Å². The number of carbonyl (C=O) groups excluding carboxylic acids is 1. The molecule has 0 atom stereocenters. The lowest BCUT2D eigenvalue weighted by atomic mass is 9.84. The summed E-state index contributed by atoms with van der Waals surface area (Å²) in [7, 11) is 0. The van der Waals surface area contributed by atoms with Crippen LogP contribution in [0.1, 0.15) is 86.5 Å². The van der Waals surface area contributed by atoms with Crippen molar-refractivity contribution in [3.8, 4) is 0 Å². The molecule has 6 heteroatoms. The first-order valence-corrected chi connectivity index (χ1v) is 16.6. The number of hydrogen-bond acceptors (Lipinski definition) is 4. The van der Waals surface area contributed by atoms with Crippen molar-refractivity contribution in [1.82, 2.24) is 9.13 Å². The fourth-order valence-electron chi connectivity index (χ4n) is 7.17. The maximum atomic E-state index is 12.4. The monoisotopic (exact) mass is 595 g/mol. The van der Waals surface area contributed by atoms with E-state index in [9.17, 15) is 14.4 Å². The molecule has 0 spiro atoms. The van der Waals surface area contributed by atoms with Gasteiger partial charge in [0.1, 0.15) is 5.78 Å². The van der Waals surface area contributed by atoms with Crippen molar-refractivity contribution in [2.75, 3.05) is 0 Å². The normalized spacial score (nSPS) is 19.2. The Morgan fingerprint density at radius 3 is 1.50 bits per heavy atom. The lowest BCUT2D eigenvalue weighted by Crippen LogP contribution is -2.28. The molecular weight excluding hydrogens is 546 g/mol. The Labute approximate surface area is 261 Å². The van der Waals surface area contributed by atoms with Crippen LogP contribution in [0, 0.1) is 39.5 Å². The number of ketones is 1. The molecule has 6 nitrogen and oxygen atoms in total. The molecule has 0 aliphatic heterocycles. The SMILES string of the molecule is Cc1ccc2c(C)cc(=O)n(CCC3CCC(=O)CC3)c2c1.Cc1ccc2c(C)cc(=O)n(CCC3CCC(N)CC3)c2c1. The van der Waals surface area contributed by atoms with Gasteiger partial charge in [-0.3, -0.25) is 14.4 Å². The van der Waals surface area contributed by atoms with Gasteiger partial charge in [0.15, 0.2) is 0 Å². The average molecular weight is 596 g/mol. The zero-order valence-corrected chi connectivity index (χ0v) is 27.0. The van der Waals surface area contributed by atoms with Crippen molar-refractivity contribution >= 4 is 27.6 Å². The number of carbonyl (C=O) groups is 1. The van der Waals surface area contributed by atoms with Gasteiger partial charge in [-0.15, -0.1) is 0 Å². The van der Waals surface area contributed by atoms with Crippen molar-refractivity contribution in [2.45, 2.75) is 111 Å². The van der Waals surface area contributed by atoms with Crippen molar-refractivity contribution in [3.05, 3.63) is 91.5 Å². The predicted molar refractivity (Wildman–Crippen MR) is 181 cm³/mol. The predicted octanol–water partition coefficient (Wildman–Crippen LogP) is 7.29. The van der Waals surface area contributed by atoms with Gasteiger partial charge in [0, 0.05) is 54.9 Å². The number of benzene rings is 2. The third-order valence-corrected chi connectivity index (χ3v) is 10.0. The summed E-state index contributed by atoms with van der Waals surface area (Å²) >= 11 is 0. The molecule has 6 rings (SSSR count). The summed E-state index contributed by atoms with van der Waals surface area (Å²) in [4.78, 5) is 36.2. The summed E-state index contributed by atoms with van der Waals surface area (Å²) in [6.45, 7) is 9.72. The first-order valence-electron chi connectivity index (χ1n) is 16.6. The number of Topliss-reactive ketones (excluding diaryl/α,β-unsaturated/α-hetero) is 1. The van der Waals surface area contributed by atoms with Crippen molar-refractivity contribution < 1.29 is 4.79 Å². The first kappa shape index (κ1) is 31.9. The van der Waals surface area contributed by atoms with E-state index < -0.39 is 0 Å². The highest BCUT2D eigenvalue weighted by atomic mass is 16.1. The van der Waals surface area contributed by atoms with Crippen LogP contribution in [0.2, 0.25) is 0 Å². The van der Waals surface area contributed by atoms with Gasteiger partial charge in [0.2, 0.25) is 0 Å². The number of rotatable bonds is 6. The third kappa shape index (κ3) is 7.58. The second-order valence-electron chi connectivity index (χ2n) is 13.5. The number of pyridine rings is 2. The molecule has 2 heterocycles. The minimum absolute atomic E-state index is 0.0856. The largest absolute Gasteiger partial charge is 0.328 e. The quantitative estimate of drug-likeness (QED) is 0.254. The molecule has 2 aliphatic carbocycles. The van der Waals surface area contributed by atoms with E-state index in [2.05, 4.69) is 50.2 Å². The molecule has 2 saturated carbocycles. The molecule has 44 heavy (non-hydrogen) atoms. The molecule has 0 unspecified atom stereocenters. The number of fused-ring (bicyclic) bond motifs is 2. The van der Waals surface area contributed by atoms with E-state index in [1.165, 1.54) is 29.4 Å². The summed E-state index contributed by atoms with van der Waals surface area (Å²) in [6.07, 6.45) is 10.1. The number of nitrogens with two attached hydrogens (primary N) is 1. The number of nitrogens with zero attached hydrogens (tertiary/aromatic N) is 2. The van der Waals surface area contributed by atoms with Crippen LogP contribution in [0.15, 0.2) is 58.1 Å². The van der Waals surface area contributed by atoms with Crippen LogP contribution >= 0.6 is 0 Å². The van der Waals surface area contributed by atoms with Crippen LogP contribution < -0.4 is 16.9 Å². The topological polar surface area (TPSA) is 87.1 Å². The molecule has 2 N–H and O–H groups in total. The van der Waals surface area contributed by atoms with Crippen molar-refractivity contribution in [2.24, 2.45) is 17.6 Å². The molecular formula is C38H49N3O3. The van der Waals surface area contributed by atoms with Gasteiger partial charge >= 0.3 is 0 Å². The van der Waals surface area contributed by atoms with Gasteiger partial charge in [-0.25, -0.2) is 0 Å². The van der Waals surface area contributed by atoms with E-state index in [0.29, 0.717) is 36.5 Å². The van der Waals surface area contributed by atoms with E-state index in [4.69, 9.17) is 5.73 Å². The van der Waals surface area contributed by atoms with Crippen LogP contribution in [0.25, 0.3) is 21.8 Å². The van der Waals surface area contributed by atoms with Gasteiger partial charge in [-0.1, -0.05) is 24.3 Å². The molecule has 2 aromatic carbocycles. The second-order valence-corrected chi connectivity index (χ2v) is 13.5. The highest BCUT2D eigenvalue weighted by Gasteiger charge is 2.20. The molecule has 2 fully saturated rings. The highest BCUT2D eigenvalue weighted by molar-refractivity contribution is 5.84. The van der Waals surface area contributed by atoms with E-state index in [0.717, 1.165) is 79.2 Å². The maximum absolute atomic E-state index is 12.4. The molecule has 234 valence electrons. The molecule has 4 aromatic rings. The third-order valence-electron chi connectivity index (χ3n) is 10.0. The summed E-state index contributed by atoms with van der Waals surface area (Å²) in [5.41, 5.74) is 12.8. The van der Waals surface area contributed by atoms with Crippen LogP contribution in [0.5, 0.6) is 0 Å². The van der Waals surface area contributed by atoms with E-state index in [-0.39, 0.29) is 11.1 Å². The fourth-order valence-corrected chi connectivity index (χ4v) is 7.17. The molecule has 0 radical (unpaired) electrons. The van der Waals surface area contributed by atoms with Crippen molar-refractivity contribution in [3.63, 3.8) is 0 Å². The Kier molecular flexibility index (Phi) is 10.2. The van der Waals surface area contributed by atoms with Gasteiger partial charge in [-0.05, 0) is 125 Å². The zero-order chi connectivity index (χ0) is 31.4. The maximum Gasteiger partial charge on any atom is 0.251 e. The van der Waals surface area contributed by atoms with Gasteiger partial charge < -0.3 is 14.9 Å². The lowest BCUT2D eigenvalue weighted by molar-refractivity contribution is -0.121. The molecule has 2 aromatic heterocycles. The van der Waals surface area contributed by atoms with E-state index in [1.54, 1.807) is 12.1 Å². The van der Waals surface area contributed by atoms with Gasteiger partial charge in [0.25, 0.3) is 11.1 Å². The van der Waals surface area contributed by atoms with Crippen LogP contribution in [0.4, 0.5) is 0 Å². The summed E-state index contributed by atoms with van der Waals surface area (Å²) < 4.78 is 3.87. The van der Waals surface area contributed by atoms with Gasteiger partial charge in [0.05, 0.1) is 11.0 Å². The van der Waals surface area contributed by atoms with Crippen LogP contribution in [-0.2, 0) is 17.9 Å². The summed E-state index contributed by atoms with van der Waals surface area (Å²) in [5, 5.41) is 2.35. The van der Waals surface area contributed by atoms with Crippen LogP contribution in [0.3, 0.4) is 0 Å². The average Bonchev–Trinajstić information content (AvgIpc) is 2.99. The fraction of sp³-hybridized carbons (Fsp3) is 0.500. The molecule has 0 bridgehead atoms. The minimum Gasteiger partial charge on any atom is -0.328 e. The molecule has 2 aliphatic rings. The molecule has 0 amide bonds. The smallest absolute Gasteiger partial charge is 0.251 e. The Hall–Kier alpha value is -3.51. The highest BCUT2D eigenvalue weighted by Crippen LogP contribution is 2.28. The Balaban J connectivity index is 0.000000175. The number of hydrogen-bond donors (Lipinski definition) is 1. The van der Waals surface area contributed by atoms with Crippen LogP contribution in [-0.4, -0.2) is 21.0 Å². The number of aromatic nitrogens is 2. The van der Waals surface area contributed by atoms with E-state index in [1.807, 2.05) is 23.0 Å².